The van der Waals surface area contributed by atoms with E-state index in [0.29, 0.717) is 11.8 Å². The maximum absolute atomic E-state index is 4.59. The highest BCUT2D eigenvalue weighted by Crippen LogP contribution is 2.17. The van der Waals surface area contributed by atoms with Gasteiger partial charge in [-0.05, 0) is 50.3 Å². The van der Waals surface area contributed by atoms with Gasteiger partial charge < -0.3 is 10.2 Å². The van der Waals surface area contributed by atoms with Gasteiger partial charge in [-0.25, -0.2) is 4.98 Å². The van der Waals surface area contributed by atoms with Crippen molar-refractivity contribution in [2.24, 2.45) is 11.8 Å². The van der Waals surface area contributed by atoms with Crippen molar-refractivity contribution >= 4 is 5.82 Å². The summed E-state index contributed by atoms with van der Waals surface area (Å²) in [5, 5.41) is 3.54. The van der Waals surface area contributed by atoms with E-state index in [-0.39, 0.29) is 5.54 Å². The predicted octanol–water partition coefficient (Wildman–Crippen LogP) is 4.09. The van der Waals surface area contributed by atoms with E-state index in [1.165, 1.54) is 5.56 Å². The highest BCUT2D eigenvalue weighted by Gasteiger charge is 2.13. The molecule has 0 aromatic carbocycles. The third-order valence-electron chi connectivity index (χ3n) is 3.13. The molecule has 0 fully saturated rings. The topological polar surface area (TPSA) is 28.2 Å². The van der Waals surface area contributed by atoms with Crippen LogP contribution in [-0.4, -0.2) is 23.6 Å². The molecule has 1 aromatic heterocycles. The van der Waals surface area contributed by atoms with Gasteiger partial charge >= 0.3 is 0 Å². The summed E-state index contributed by atoms with van der Waals surface area (Å²) < 4.78 is 0. The minimum atomic E-state index is 0.138. The molecule has 3 nitrogen and oxygen atoms in total. The maximum atomic E-state index is 4.59. The van der Waals surface area contributed by atoms with Crippen LogP contribution in [0.15, 0.2) is 18.3 Å². The molecule has 1 rings (SSSR count). The van der Waals surface area contributed by atoms with E-state index in [4.69, 9.17) is 0 Å². The predicted molar refractivity (Wildman–Crippen MR) is 92.7 cm³/mol. The summed E-state index contributed by atoms with van der Waals surface area (Å²) >= 11 is 0. The van der Waals surface area contributed by atoms with Gasteiger partial charge in [0.05, 0.1) is 0 Å². The van der Waals surface area contributed by atoms with E-state index < -0.39 is 0 Å². The summed E-state index contributed by atoms with van der Waals surface area (Å²) in [6.45, 7) is 18.6. The Hall–Kier alpha value is -1.09. The standard InChI is InChI=1S/C18H33N3/c1-14(2)12-21(13-15(3)4)17-10-16(8-9-19-17)11-20-18(5,6)7/h8-10,14-15,20H,11-13H2,1-7H3. The first-order valence-corrected chi connectivity index (χ1v) is 8.12. The molecule has 0 spiro atoms. The van der Waals surface area contributed by atoms with E-state index in [9.17, 15) is 0 Å². The van der Waals surface area contributed by atoms with Crippen LogP contribution in [0.25, 0.3) is 0 Å². The van der Waals surface area contributed by atoms with Crippen LogP contribution in [0.5, 0.6) is 0 Å². The zero-order valence-electron chi connectivity index (χ0n) is 14.9. The molecule has 1 aromatic rings. The third-order valence-corrected chi connectivity index (χ3v) is 3.13. The van der Waals surface area contributed by atoms with Crippen LogP contribution in [0, 0.1) is 11.8 Å². The zero-order valence-corrected chi connectivity index (χ0v) is 14.9. The summed E-state index contributed by atoms with van der Waals surface area (Å²) in [5.74, 6) is 2.38. The average Bonchev–Trinajstić information content (AvgIpc) is 2.34. The van der Waals surface area contributed by atoms with Crippen LogP contribution in [0.3, 0.4) is 0 Å². The molecular formula is C18H33N3. The smallest absolute Gasteiger partial charge is 0.128 e. The van der Waals surface area contributed by atoms with Gasteiger partial charge in [-0.2, -0.15) is 0 Å². The molecule has 3 heteroatoms. The molecule has 0 unspecified atom stereocenters. The highest BCUT2D eigenvalue weighted by molar-refractivity contribution is 5.41. The second-order valence-electron chi connectivity index (χ2n) is 7.82. The van der Waals surface area contributed by atoms with E-state index in [2.05, 4.69) is 75.8 Å². The van der Waals surface area contributed by atoms with Crippen molar-refractivity contribution in [1.29, 1.82) is 0 Å². The molecule has 0 atom stereocenters. The van der Waals surface area contributed by atoms with Crippen LogP contribution >= 0.6 is 0 Å². The molecule has 0 bridgehead atoms. The lowest BCUT2D eigenvalue weighted by Crippen LogP contribution is -2.35. The number of rotatable bonds is 7. The van der Waals surface area contributed by atoms with Crippen LogP contribution in [0.4, 0.5) is 5.82 Å². The summed E-state index contributed by atoms with van der Waals surface area (Å²) in [6, 6.07) is 4.33. The molecule has 0 saturated carbocycles. The zero-order chi connectivity index (χ0) is 16.0. The summed E-state index contributed by atoms with van der Waals surface area (Å²) in [5.41, 5.74) is 1.44. The van der Waals surface area contributed by atoms with Crippen molar-refractivity contribution in [3.8, 4) is 0 Å². The number of pyridine rings is 1. The maximum Gasteiger partial charge on any atom is 0.128 e. The fraction of sp³-hybridized carbons (Fsp3) is 0.722. The van der Waals surface area contributed by atoms with Crippen molar-refractivity contribution in [2.45, 2.75) is 60.5 Å². The first-order chi connectivity index (χ1) is 9.67. The van der Waals surface area contributed by atoms with Gasteiger partial charge in [0.15, 0.2) is 0 Å². The molecule has 1 N–H and O–H groups in total. The molecule has 0 aliphatic carbocycles. The minimum Gasteiger partial charge on any atom is -0.356 e. The molecule has 0 aliphatic rings. The van der Waals surface area contributed by atoms with E-state index >= 15 is 0 Å². The van der Waals surface area contributed by atoms with Crippen molar-refractivity contribution in [2.75, 3.05) is 18.0 Å². The van der Waals surface area contributed by atoms with Gasteiger partial charge in [-0.15, -0.1) is 0 Å². The SMILES string of the molecule is CC(C)CN(CC(C)C)c1cc(CNC(C)(C)C)ccn1. The Labute approximate surface area is 131 Å². The average molecular weight is 291 g/mol. The Morgan fingerprint density at radius 1 is 1.10 bits per heavy atom. The van der Waals surface area contributed by atoms with Crippen LogP contribution in [0.2, 0.25) is 0 Å². The second-order valence-corrected chi connectivity index (χ2v) is 7.82. The first-order valence-electron chi connectivity index (χ1n) is 8.12. The lowest BCUT2D eigenvalue weighted by molar-refractivity contribution is 0.424. The molecule has 0 saturated heterocycles. The van der Waals surface area contributed by atoms with Gasteiger partial charge in [0, 0.05) is 31.4 Å². The quantitative estimate of drug-likeness (QED) is 0.820. The minimum absolute atomic E-state index is 0.138. The van der Waals surface area contributed by atoms with Crippen LogP contribution in [-0.2, 0) is 6.54 Å². The first kappa shape index (κ1) is 18.0. The van der Waals surface area contributed by atoms with Gasteiger partial charge in [0.1, 0.15) is 5.82 Å². The van der Waals surface area contributed by atoms with Crippen LogP contribution < -0.4 is 10.2 Å². The summed E-state index contributed by atoms with van der Waals surface area (Å²) in [6.07, 6.45) is 1.93. The number of aromatic nitrogens is 1. The van der Waals surface area contributed by atoms with Gasteiger partial charge in [0.25, 0.3) is 0 Å². The van der Waals surface area contributed by atoms with Gasteiger partial charge in [-0.3, -0.25) is 0 Å². The summed E-state index contributed by atoms with van der Waals surface area (Å²) in [4.78, 5) is 7.00. The fourth-order valence-electron chi connectivity index (χ4n) is 2.25. The Kier molecular flexibility index (Phi) is 6.66. The van der Waals surface area contributed by atoms with E-state index in [1.807, 2.05) is 6.20 Å². The number of anilines is 1. The number of hydrogen-bond donors (Lipinski definition) is 1. The fourth-order valence-corrected chi connectivity index (χ4v) is 2.25. The molecule has 120 valence electrons. The van der Waals surface area contributed by atoms with E-state index in [1.54, 1.807) is 0 Å². The lowest BCUT2D eigenvalue weighted by Gasteiger charge is -2.28. The van der Waals surface area contributed by atoms with E-state index in [0.717, 1.165) is 25.5 Å². The lowest BCUT2D eigenvalue weighted by atomic mass is 10.1. The molecule has 1 heterocycles. The third kappa shape index (κ3) is 7.47. The molecule has 0 radical (unpaired) electrons. The second kappa shape index (κ2) is 7.79. The molecule has 21 heavy (non-hydrogen) atoms. The Bertz CT molecular complexity index is 409. The monoisotopic (exact) mass is 291 g/mol. The van der Waals surface area contributed by atoms with Gasteiger partial charge in [-0.1, -0.05) is 27.7 Å². The Balaban J connectivity index is 2.83. The molecule has 0 amide bonds. The number of nitrogens with one attached hydrogen (secondary N) is 1. The van der Waals surface area contributed by atoms with Crippen molar-refractivity contribution < 1.29 is 0 Å². The summed E-state index contributed by atoms with van der Waals surface area (Å²) in [7, 11) is 0. The van der Waals surface area contributed by atoms with Crippen molar-refractivity contribution in [3.05, 3.63) is 23.9 Å². The number of hydrogen-bond acceptors (Lipinski definition) is 3. The van der Waals surface area contributed by atoms with Gasteiger partial charge in [0.2, 0.25) is 0 Å². The number of nitrogens with zero attached hydrogens (tertiary/aromatic N) is 2. The van der Waals surface area contributed by atoms with Crippen molar-refractivity contribution in [1.82, 2.24) is 10.3 Å². The molecular weight excluding hydrogens is 258 g/mol. The Morgan fingerprint density at radius 2 is 1.67 bits per heavy atom. The van der Waals surface area contributed by atoms with Crippen LogP contribution in [0.1, 0.15) is 54.0 Å². The molecule has 0 aliphatic heterocycles. The normalized spacial score (nSPS) is 12.2. The Morgan fingerprint density at radius 3 is 2.14 bits per heavy atom. The highest BCUT2D eigenvalue weighted by atomic mass is 15.2. The van der Waals surface area contributed by atoms with Crippen molar-refractivity contribution in [3.63, 3.8) is 0 Å². The largest absolute Gasteiger partial charge is 0.356 e.